The summed E-state index contributed by atoms with van der Waals surface area (Å²) in [6.07, 6.45) is 1.63. The summed E-state index contributed by atoms with van der Waals surface area (Å²) < 4.78 is 11.5. The van der Waals surface area contributed by atoms with E-state index in [4.69, 9.17) is 9.47 Å². The van der Waals surface area contributed by atoms with Gasteiger partial charge in [-0.3, -0.25) is 19.3 Å². The number of benzene rings is 2. The maximum absolute atomic E-state index is 12.9. The predicted octanol–water partition coefficient (Wildman–Crippen LogP) is 5.41. The number of anilines is 1. The van der Waals surface area contributed by atoms with E-state index in [1.165, 1.54) is 0 Å². The molecule has 1 saturated heterocycles. The molecule has 0 aromatic heterocycles. The third kappa shape index (κ3) is 6.20. The predicted molar refractivity (Wildman–Crippen MR) is 135 cm³/mol. The lowest BCUT2D eigenvalue weighted by molar-refractivity contribution is -0.127. The molecule has 1 aliphatic rings. The average Bonchev–Trinajstić information content (AvgIpc) is 3.04. The van der Waals surface area contributed by atoms with Crippen LogP contribution in [0.25, 0.3) is 6.08 Å². The Hall–Kier alpha value is -3.26. The van der Waals surface area contributed by atoms with Crippen molar-refractivity contribution in [1.82, 2.24) is 4.90 Å². The molecular weight excluding hydrogens is 452 g/mol. The van der Waals surface area contributed by atoms with Gasteiger partial charge in [0.15, 0.2) is 11.5 Å². The summed E-state index contributed by atoms with van der Waals surface area (Å²) in [5, 5.41) is 2.31. The van der Waals surface area contributed by atoms with E-state index in [9.17, 15) is 14.4 Å². The first-order chi connectivity index (χ1) is 16.2. The van der Waals surface area contributed by atoms with Crippen LogP contribution in [0.3, 0.4) is 0 Å². The van der Waals surface area contributed by atoms with Crippen molar-refractivity contribution in [2.45, 2.75) is 34.6 Å². The van der Waals surface area contributed by atoms with E-state index in [0.717, 1.165) is 27.8 Å². The summed E-state index contributed by atoms with van der Waals surface area (Å²) in [5.41, 5.74) is 3.34. The van der Waals surface area contributed by atoms with Crippen molar-refractivity contribution in [3.63, 3.8) is 0 Å². The lowest BCUT2D eigenvalue weighted by Crippen LogP contribution is -2.36. The number of amides is 3. The molecule has 3 amide bonds. The van der Waals surface area contributed by atoms with E-state index in [2.05, 4.69) is 19.2 Å². The quantitative estimate of drug-likeness (QED) is 0.481. The molecule has 0 spiro atoms. The molecule has 0 aliphatic carbocycles. The lowest BCUT2D eigenvalue weighted by Gasteiger charge is -2.14. The topological polar surface area (TPSA) is 84.9 Å². The molecule has 1 fully saturated rings. The van der Waals surface area contributed by atoms with Crippen LogP contribution >= 0.6 is 11.8 Å². The highest BCUT2D eigenvalue weighted by molar-refractivity contribution is 8.18. The highest BCUT2D eigenvalue weighted by Crippen LogP contribution is 2.35. The monoisotopic (exact) mass is 482 g/mol. The second-order valence-electron chi connectivity index (χ2n) is 8.41. The largest absolute Gasteiger partial charge is 0.490 e. The van der Waals surface area contributed by atoms with Crippen molar-refractivity contribution >= 4 is 40.6 Å². The molecule has 180 valence electrons. The van der Waals surface area contributed by atoms with Gasteiger partial charge in [-0.25, -0.2) is 0 Å². The number of rotatable bonds is 9. The summed E-state index contributed by atoms with van der Waals surface area (Å²) in [6.45, 7) is 10.5. The Bertz CT molecular complexity index is 1130. The Labute approximate surface area is 204 Å². The van der Waals surface area contributed by atoms with Crippen molar-refractivity contribution < 1.29 is 23.9 Å². The highest BCUT2D eigenvalue weighted by Gasteiger charge is 2.36. The van der Waals surface area contributed by atoms with Crippen LogP contribution in [-0.2, 0) is 9.59 Å². The van der Waals surface area contributed by atoms with Crippen LogP contribution < -0.4 is 14.8 Å². The molecule has 34 heavy (non-hydrogen) atoms. The van der Waals surface area contributed by atoms with Crippen LogP contribution in [0.1, 0.15) is 37.5 Å². The highest BCUT2D eigenvalue weighted by atomic mass is 32.2. The number of imide groups is 1. The summed E-state index contributed by atoms with van der Waals surface area (Å²) in [4.78, 5) is 39.1. The van der Waals surface area contributed by atoms with Crippen molar-refractivity contribution in [3.8, 4) is 11.5 Å². The Balaban J connectivity index is 1.73. The van der Waals surface area contributed by atoms with Gasteiger partial charge in [0.25, 0.3) is 11.1 Å². The standard InChI is InChI=1S/C26H30N2O5S/c1-6-32-22-12-19(10-11-21(22)33-15-16(2)3)13-23-25(30)28(26(31)34-23)14-24(29)27-20-9-7-8-17(4)18(20)5/h7-13,16H,6,14-15H2,1-5H3,(H,27,29)/b23-13-. The van der Waals surface area contributed by atoms with Crippen LogP contribution in [0.4, 0.5) is 10.5 Å². The van der Waals surface area contributed by atoms with Gasteiger partial charge >= 0.3 is 0 Å². The molecule has 2 aromatic rings. The zero-order valence-electron chi connectivity index (χ0n) is 20.1. The minimum Gasteiger partial charge on any atom is -0.490 e. The summed E-state index contributed by atoms with van der Waals surface area (Å²) in [7, 11) is 0. The van der Waals surface area contributed by atoms with Crippen LogP contribution in [0.2, 0.25) is 0 Å². The number of nitrogens with zero attached hydrogens (tertiary/aromatic N) is 1. The van der Waals surface area contributed by atoms with E-state index in [1.807, 2.05) is 32.9 Å². The van der Waals surface area contributed by atoms with Gasteiger partial charge in [-0.2, -0.15) is 0 Å². The first-order valence-corrected chi connectivity index (χ1v) is 12.0. The third-order valence-corrected chi connectivity index (χ3v) is 6.10. The summed E-state index contributed by atoms with van der Waals surface area (Å²) in [5.74, 6) is 0.646. The van der Waals surface area contributed by atoms with Gasteiger partial charge in [0.05, 0.1) is 18.1 Å². The van der Waals surface area contributed by atoms with E-state index in [0.29, 0.717) is 41.9 Å². The second-order valence-corrected chi connectivity index (χ2v) is 9.40. The van der Waals surface area contributed by atoms with Gasteiger partial charge < -0.3 is 14.8 Å². The number of hydrogen-bond donors (Lipinski definition) is 1. The fourth-order valence-electron chi connectivity index (χ4n) is 3.27. The molecule has 0 unspecified atom stereocenters. The van der Waals surface area contributed by atoms with Crippen LogP contribution in [0.15, 0.2) is 41.3 Å². The number of carbonyl (C=O) groups is 3. The van der Waals surface area contributed by atoms with Crippen LogP contribution in [-0.4, -0.2) is 41.7 Å². The summed E-state index contributed by atoms with van der Waals surface area (Å²) >= 11 is 0.815. The minimum absolute atomic E-state index is 0.253. The second kappa shape index (κ2) is 11.2. The molecule has 1 heterocycles. The van der Waals surface area contributed by atoms with Crippen molar-refractivity contribution in [2.24, 2.45) is 5.92 Å². The molecule has 7 nitrogen and oxygen atoms in total. The van der Waals surface area contributed by atoms with Gasteiger partial charge in [-0.1, -0.05) is 32.0 Å². The molecule has 0 bridgehead atoms. The van der Waals surface area contributed by atoms with Crippen molar-refractivity contribution in [3.05, 3.63) is 58.0 Å². The first-order valence-electron chi connectivity index (χ1n) is 11.2. The van der Waals surface area contributed by atoms with Crippen LogP contribution in [0.5, 0.6) is 11.5 Å². The molecule has 0 atom stereocenters. The minimum atomic E-state index is -0.496. The molecule has 0 saturated carbocycles. The Morgan fingerprint density at radius 1 is 1.12 bits per heavy atom. The number of nitrogens with one attached hydrogen (secondary N) is 1. The van der Waals surface area contributed by atoms with E-state index in [1.54, 1.807) is 30.3 Å². The zero-order valence-corrected chi connectivity index (χ0v) is 21.0. The molecule has 2 aromatic carbocycles. The first kappa shape index (κ1) is 25.4. The van der Waals surface area contributed by atoms with Gasteiger partial charge in [0.1, 0.15) is 6.54 Å². The number of thioether (sulfide) groups is 1. The zero-order chi connectivity index (χ0) is 24.8. The Kier molecular flexibility index (Phi) is 8.39. The third-order valence-electron chi connectivity index (χ3n) is 5.19. The van der Waals surface area contributed by atoms with E-state index >= 15 is 0 Å². The van der Waals surface area contributed by atoms with Gasteiger partial charge in [-0.15, -0.1) is 0 Å². The van der Waals surface area contributed by atoms with Crippen LogP contribution in [0, 0.1) is 19.8 Å². The van der Waals surface area contributed by atoms with Crippen molar-refractivity contribution in [2.75, 3.05) is 25.1 Å². The normalized spacial score (nSPS) is 14.8. The van der Waals surface area contributed by atoms with E-state index < -0.39 is 17.1 Å². The number of hydrogen-bond acceptors (Lipinski definition) is 6. The van der Waals surface area contributed by atoms with Gasteiger partial charge in [0.2, 0.25) is 5.91 Å². The summed E-state index contributed by atoms with van der Waals surface area (Å²) in [6, 6.07) is 11.0. The van der Waals surface area contributed by atoms with Gasteiger partial charge in [0, 0.05) is 5.69 Å². The number of carbonyl (C=O) groups excluding carboxylic acids is 3. The van der Waals surface area contributed by atoms with E-state index in [-0.39, 0.29) is 11.4 Å². The molecule has 3 rings (SSSR count). The average molecular weight is 483 g/mol. The van der Waals surface area contributed by atoms with Gasteiger partial charge in [-0.05, 0) is 79.4 Å². The lowest BCUT2D eigenvalue weighted by atomic mass is 10.1. The fourth-order valence-corrected chi connectivity index (χ4v) is 4.10. The SMILES string of the molecule is CCOc1cc(/C=C2\SC(=O)N(CC(=O)Nc3cccc(C)c3C)C2=O)ccc1OCC(C)C. The molecule has 8 heteroatoms. The molecular formula is C26H30N2O5S. The Morgan fingerprint density at radius 3 is 2.59 bits per heavy atom. The number of aryl methyl sites for hydroxylation is 1. The molecule has 1 N–H and O–H groups in total. The molecule has 1 aliphatic heterocycles. The number of ether oxygens (including phenoxy) is 2. The van der Waals surface area contributed by atoms with Crippen molar-refractivity contribution in [1.29, 1.82) is 0 Å². The Morgan fingerprint density at radius 2 is 1.88 bits per heavy atom. The smallest absolute Gasteiger partial charge is 0.294 e. The fraction of sp³-hybridized carbons (Fsp3) is 0.346. The molecule has 0 radical (unpaired) electrons. The maximum Gasteiger partial charge on any atom is 0.294 e. The maximum atomic E-state index is 12.9.